The minimum Gasteiger partial charge on any atom is -0.491 e. The predicted octanol–water partition coefficient (Wildman–Crippen LogP) is 2.94. The molecule has 2 N–H and O–H groups in total. The van der Waals surface area contributed by atoms with Crippen LogP contribution in [0.5, 0.6) is 5.75 Å². The standard InChI is InChI=1S/C15H20N2O2/c1-10(2)19-14-5-4-12(8-11(14)3)13-9-18-15(17-13)6-7-16/h4-5,8-10H,6-7,16H2,1-3H3. The average molecular weight is 260 g/mol. The Hall–Kier alpha value is -1.81. The van der Waals surface area contributed by atoms with E-state index in [0.717, 1.165) is 22.6 Å². The zero-order valence-electron chi connectivity index (χ0n) is 11.6. The number of hydrogen-bond acceptors (Lipinski definition) is 4. The molecule has 1 aromatic heterocycles. The molecule has 0 unspecified atom stereocenters. The maximum absolute atomic E-state index is 5.72. The summed E-state index contributed by atoms with van der Waals surface area (Å²) >= 11 is 0. The molecule has 1 aromatic carbocycles. The van der Waals surface area contributed by atoms with Crippen molar-refractivity contribution in [1.29, 1.82) is 0 Å². The van der Waals surface area contributed by atoms with E-state index < -0.39 is 0 Å². The smallest absolute Gasteiger partial charge is 0.195 e. The molecule has 4 heteroatoms. The molecule has 0 aliphatic rings. The maximum Gasteiger partial charge on any atom is 0.195 e. The number of oxazole rings is 1. The van der Waals surface area contributed by atoms with Gasteiger partial charge in [0.25, 0.3) is 0 Å². The monoisotopic (exact) mass is 260 g/mol. The lowest BCUT2D eigenvalue weighted by molar-refractivity contribution is 0.241. The van der Waals surface area contributed by atoms with Gasteiger partial charge >= 0.3 is 0 Å². The van der Waals surface area contributed by atoms with Gasteiger partial charge in [-0.25, -0.2) is 4.98 Å². The largest absolute Gasteiger partial charge is 0.491 e. The Morgan fingerprint density at radius 1 is 1.37 bits per heavy atom. The molecular formula is C15H20N2O2. The Balaban J connectivity index is 2.22. The molecule has 0 fully saturated rings. The van der Waals surface area contributed by atoms with Gasteiger partial charge in [-0.3, -0.25) is 0 Å². The van der Waals surface area contributed by atoms with E-state index in [0.29, 0.717) is 18.9 Å². The van der Waals surface area contributed by atoms with Gasteiger partial charge in [-0.05, 0) is 44.5 Å². The lowest BCUT2D eigenvalue weighted by atomic mass is 10.1. The topological polar surface area (TPSA) is 61.3 Å². The number of hydrogen-bond donors (Lipinski definition) is 1. The molecule has 0 aliphatic heterocycles. The van der Waals surface area contributed by atoms with Gasteiger partial charge in [0.05, 0.1) is 6.10 Å². The van der Waals surface area contributed by atoms with Crippen molar-refractivity contribution in [3.05, 3.63) is 35.9 Å². The predicted molar refractivity (Wildman–Crippen MR) is 75.2 cm³/mol. The molecule has 19 heavy (non-hydrogen) atoms. The third-order valence-electron chi connectivity index (χ3n) is 2.74. The number of nitrogens with two attached hydrogens (primary N) is 1. The van der Waals surface area contributed by atoms with Crippen LogP contribution < -0.4 is 10.5 Å². The Kier molecular flexibility index (Phi) is 4.22. The van der Waals surface area contributed by atoms with E-state index in [1.807, 2.05) is 32.9 Å². The summed E-state index contributed by atoms with van der Waals surface area (Å²) in [5.41, 5.74) is 8.44. The van der Waals surface area contributed by atoms with Crippen LogP contribution in [0.1, 0.15) is 25.3 Å². The second-order valence-corrected chi connectivity index (χ2v) is 4.81. The molecule has 0 radical (unpaired) electrons. The number of rotatable bonds is 5. The summed E-state index contributed by atoms with van der Waals surface area (Å²) in [7, 11) is 0. The van der Waals surface area contributed by atoms with Crippen molar-refractivity contribution in [2.45, 2.75) is 33.3 Å². The molecule has 0 aliphatic carbocycles. The molecular weight excluding hydrogens is 240 g/mol. The molecule has 1 heterocycles. The van der Waals surface area contributed by atoms with Gasteiger partial charge in [0.1, 0.15) is 17.7 Å². The quantitative estimate of drug-likeness (QED) is 0.897. The van der Waals surface area contributed by atoms with Crippen molar-refractivity contribution in [2.75, 3.05) is 6.54 Å². The number of aryl methyl sites for hydroxylation is 1. The van der Waals surface area contributed by atoms with Crippen molar-refractivity contribution in [3.63, 3.8) is 0 Å². The van der Waals surface area contributed by atoms with E-state index in [-0.39, 0.29) is 6.10 Å². The van der Waals surface area contributed by atoms with Crippen molar-refractivity contribution in [2.24, 2.45) is 5.73 Å². The van der Waals surface area contributed by atoms with E-state index in [1.165, 1.54) is 0 Å². The fourth-order valence-corrected chi connectivity index (χ4v) is 1.88. The van der Waals surface area contributed by atoms with Gasteiger partial charge in [0.2, 0.25) is 0 Å². The maximum atomic E-state index is 5.72. The van der Waals surface area contributed by atoms with Gasteiger partial charge in [0, 0.05) is 18.5 Å². The fourth-order valence-electron chi connectivity index (χ4n) is 1.88. The molecule has 2 rings (SSSR count). The minimum atomic E-state index is 0.174. The second-order valence-electron chi connectivity index (χ2n) is 4.81. The lowest BCUT2D eigenvalue weighted by Gasteiger charge is -2.12. The third kappa shape index (κ3) is 3.35. The Morgan fingerprint density at radius 3 is 2.79 bits per heavy atom. The van der Waals surface area contributed by atoms with Gasteiger partial charge in [0.15, 0.2) is 5.89 Å². The van der Waals surface area contributed by atoms with Gasteiger partial charge in [-0.15, -0.1) is 0 Å². The normalized spacial score (nSPS) is 11.0. The zero-order valence-corrected chi connectivity index (χ0v) is 11.6. The van der Waals surface area contributed by atoms with Crippen LogP contribution in [0, 0.1) is 6.92 Å². The van der Waals surface area contributed by atoms with E-state index in [4.69, 9.17) is 14.9 Å². The van der Waals surface area contributed by atoms with Crippen LogP contribution >= 0.6 is 0 Å². The van der Waals surface area contributed by atoms with Crippen LogP contribution in [0.15, 0.2) is 28.9 Å². The summed E-state index contributed by atoms with van der Waals surface area (Å²) < 4.78 is 11.1. The molecule has 102 valence electrons. The second kappa shape index (κ2) is 5.89. The SMILES string of the molecule is Cc1cc(-c2coc(CCN)n2)ccc1OC(C)C. The molecule has 4 nitrogen and oxygen atoms in total. The van der Waals surface area contributed by atoms with Crippen LogP contribution in [0.4, 0.5) is 0 Å². The van der Waals surface area contributed by atoms with Crippen molar-refractivity contribution in [3.8, 4) is 17.0 Å². The average Bonchev–Trinajstić information content (AvgIpc) is 2.80. The first kappa shape index (κ1) is 13.6. The Morgan fingerprint density at radius 2 is 2.16 bits per heavy atom. The highest BCUT2D eigenvalue weighted by molar-refractivity contribution is 5.61. The highest BCUT2D eigenvalue weighted by Gasteiger charge is 2.08. The molecule has 0 saturated heterocycles. The highest BCUT2D eigenvalue weighted by atomic mass is 16.5. The summed E-state index contributed by atoms with van der Waals surface area (Å²) in [6.07, 6.45) is 2.50. The van der Waals surface area contributed by atoms with E-state index in [1.54, 1.807) is 6.26 Å². The number of ether oxygens (including phenoxy) is 1. The van der Waals surface area contributed by atoms with Crippen molar-refractivity contribution < 1.29 is 9.15 Å². The molecule has 2 aromatic rings. The Bertz CT molecular complexity index is 547. The molecule has 0 bridgehead atoms. The first-order valence-electron chi connectivity index (χ1n) is 6.52. The number of aromatic nitrogens is 1. The summed E-state index contributed by atoms with van der Waals surface area (Å²) in [5.74, 6) is 1.59. The first-order chi connectivity index (χ1) is 9.10. The van der Waals surface area contributed by atoms with Crippen LogP contribution in [0.25, 0.3) is 11.3 Å². The molecule has 0 saturated carbocycles. The Labute approximate surface area is 113 Å². The summed E-state index contributed by atoms with van der Waals surface area (Å²) in [4.78, 5) is 4.41. The third-order valence-corrected chi connectivity index (χ3v) is 2.74. The van der Waals surface area contributed by atoms with E-state index in [2.05, 4.69) is 11.1 Å². The zero-order chi connectivity index (χ0) is 13.8. The summed E-state index contributed by atoms with van der Waals surface area (Å²) in [5, 5.41) is 0. The molecule has 0 amide bonds. The van der Waals surface area contributed by atoms with Crippen molar-refractivity contribution in [1.82, 2.24) is 4.98 Å². The molecule has 0 atom stereocenters. The molecule has 0 spiro atoms. The van der Waals surface area contributed by atoms with Crippen LogP contribution in [0.2, 0.25) is 0 Å². The lowest BCUT2D eigenvalue weighted by Crippen LogP contribution is -2.06. The van der Waals surface area contributed by atoms with Gasteiger partial charge < -0.3 is 14.9 Å². The van der Waals surface area contributed by atoms with Crippen LogP contribution in [-0.4, -0.2) is 17.6 Å². The summed E-state index contributed by atoms with van der Waals surface area (Å²) in [6.45, 7) is 6.61. The van der Waals surface area contributed by atoms with Gasteiger partial charge in [-0.2, -0.15) is 0 Å². The van der Waals surface area contributed by atoms with E-state index >= 15 is 0 Å². The minimum absolute atomic E-state index is 0.174. The number of benzene rings is 1. The summed E-state index contributed by atoms with van der Waals surface area (Å²) in [6, 6.07) is 6.03. The van der Waals surface area contributed by atoms with Crippen LogP contribution in [-0.2, 0) is 6.42 Å². The van der Waals surface area contributed by atoms with Gasteiger partial charge in [-0.1, -0.05) is 0 Å². The van der Waals surface area contributed by atoms with E-state index in [9.17, 15) is 0 Å². The first-order valence-corrected chi connectivity index (χ1v) is 6.52. The highest BCUT2D eigenvalue weighted by Crippen LogP contribution is 2.26. The fraction of sp³-hybridized carbons (Fsp3) is 0.400. The number of nitrogens with zero attached hydrogens (tertiary/aromatic N) is 1. The van der Waals surface area contributed by atoms with Crippen molar-refractivity contribution >= 4 is 0 Å². The van der Waals surface area contributed by atoms with Crippen LogP contribution in [0.3, 0.4) is 0 Å².